The first-order valence-electron chi connectivity index (χ1n) is 5.96. The highest BCUT2D eigenvalue weighted by Gasteiger charge is 2.38. The third-order valence-electron chi connectivity index (χ3n) is 2.65. The lowest BCUT2D eigenvalue weighted by atomic mass is 10.2. The van der Waals surface area contributed by atoms with Crippen LogP contribution in [0.15, 0.2) is 20.8 Å². The molecule has 0 spiro atoms. The number of hydrogen-bond acceptors (Lipinski definition) is 7. The highest BCUT2D eigenvalue weighted by molar-refractivity contribution is 7.99. The summed E-state index contributed by atoms with van der Waals surface area (Å²) < 4.78 is 38.0. The molecule has 0 atom stereocenters. The molecule has 2 heterocycles. The molecule has 0 aliphatic carbocycles. The fraction of sp³-hybridized carbons (Fsp3) is 0.182. The minimum atomic E-state index is -4.96. The van der Waals surface area contributed by atoms with Gasteiger partial charge in [0.25, 0.3) is 16.2 Å². The van der Waals surface area contributed by atoms with Gasteiger partial charge in [0.2, 0.25) is 5.88 Å². The summed E-state index contributed by atoms with van der Waals surface area (Å²) in [4.78, 5) is 29.5. The second-order valence-electron chi connectivity index (χ2n) is 4.45. The molecule has 0 radical (unpaired) electrons. The maximum atomic E-state index is 12.7. The molecule has 0 amide bonds. The summed E-state index contributed by atoms with van der Waals surface area (Å²) in [6.07, 6.45) is -4.96. The lowest BCUT2D eigenvalue weighted by Crippen LogP contribution is -2.26. The van der Waals surface area contributed by atoms with Gasteiger partial charge in [-0.05, 0) is 11.8 Å². The molecule has 0 aliphatic rings. The van der Waals surface area contributed by atoms with Crippen molar-refractivity contribution in [3.05, 3.63) is 48.1 Å². The Bertz CT molecular complexity index is 944. The van der Waals surface area contributed by atoms with Crippen molar-refractivity contribution in [2.24, 2.45) is 0 Å². The fourth-order valence-corrected chi connectivity index (χ4v) is 3.22. The average molecular weight is 420 g/mol. The van der Waals surface area contributed by atoms with Crippen LogP contribution in [0, 0.1) is 0 Å². The Morgan fingerprint density at radius 3 is 2.28 bits per heavy atom. The van der Waals surface area contributed by atoms with Gasteiger partial charge in [-0.3, -0.25) is 14.6 Å². The number of nitrogens with one attached hydrogen (secondary N) is 2. The summed E-state index contributed by atoms with van der Waals surface area (Å²) in [5.41, 5.74) is -4.84. The van der Waals surface area contributed by atoms with Gasteiger partial charge in [-0.25, -0.2) is 4.98 Å². The summed E-state index contributed by atoms with van der Waals surface area (Å²) in [6.45, 7) is 0. The minimum absolute atomic E-state index is 0.166. The van der Waals surface area contributed by atoms with Crippen molar-refractivity contribution in [2.75, 3.05) is 0 Å². The highest BCUT2D eigenvalue weighted by atomic mass is 35.5. The molecule has 0 unspecified atom stereocenters. The summed E-state index contributed by atoms with van der Waals surface area (Å²) in [5.74, 6) is -0.954. The van der Waals surface area contributed by atoms with Gasteiger partial charge in [0, 0.05) is 6.07 Å². The number of thioether (sulfide) groups is 1. The van der Waals surface area contributed by atoms with Crippen molar-refractivity contribution < 1.29 is 28.5 Å². The molecule has 14 heteroatoms. The number of rotatable bonds is 3. The molecule has 8 nitrogen and oxygen atoms in total. The molecule has 136 valence electrons. The Hall–Kier alpha value is -1.73. The Morgan fingerprint density at radius 1 is 1.12 bits per heavy atom. The molecule has 5 N–H and O–H groups in total. The molecule has 0 fully saturated rings. The van der Waals surface area contributed by atoms with Crippen molar-refractivity contribution in [1.82, 2.24) is 15.0 Å². The molecule has 0 bridgehead atoms. The van der Waals surface area contributed by atoms with E-state index >= 15 is 0 Å². The fourth-order valence-electron chi connectivity index (χ4n) is 1.65. The number of aliphatic hydroxyl groups is 2. The summed E-state index contributed by atoms with van der Waals surface area (Å²) >= 11 is 11.1. The van der Waals surface area contributed by atoms with E-state index in [0.717, 1.165) is 0 Å². The van der Waals surface area contributed by atoms with Crippen LogP contribution in [0.5, 0.6) is 5.88 Å². The number of aromatic hydroxyl groups is 1. The normalized spacial score (nSPS) is 12.4. The quantitative estimate of drug-likeness (QED) is 0.287. The number of aromatic nitrogens is 3. The van der Waals surface area contributed by atoms with Crippen molar-refractivity contribution in [2.45, 2.75) is 16.5 Å². The van der Waals surface area contributed by atoms with E-state index in [1.807, 2.05) is 4.98 Å². The number of nitrogens with zero attached hydrogens (tertiary/aromatic N) is 1. The number of alkyl halides is 3. The van der Waals surface area contributed by atoms with E-state index in [-0.39, 0.29) is 17.8 Å². The van der Waals surface area contributed by atoms with Crippen LogP contribution in [0.4, 0.5) is 13.2 Å². The predicted molar refractivity (Wildman–Crippen MR) is 80.6 cm³/mol. The molecule has 2 aromatic rings. The average Bonchev–Trinajstić information content (AvgIpc) is 2.43. The standard InChI is InChI=1S/C11H6Cl2F3N3O5S/c12-5-4(6(13)8(22)19-7(5)21)11(23,24)25-9-17-2(10(14,15)16)1-3(20)18-9/h1,23-24H,(H,17,18,20)(H2,19,21,22). The Kier molecular flexibility index (Phi) is 5.12. The third-order valence-corrected chi connectivity index (χ3v) is 4.26. The van der Waals surface area contributed by atoms with Crippen LogP contribution in [-0.4, -0.2) is 30.3 Å². The molecule has 2 rings (SSSR count). The number of hydrogen-bond donors (Lipinski definition) is 5. The van der Waals surface area contributed by atoms with E-state index in [4.69, 9.17) is 23.2 Å². The zero-order chi connectivity index (χ0) is 19.2. The van der Waals surface area contributed by atoms with Gasteiger partial charge in [-0.1, -0.05) is 23.2 Å². The highest BCUT2D eigenvalue weighted by Crippen LogP contribution is 2.43. The lowest BCUT2D eigenvalue weighted by molar-refractivity contribution is -0.141. The van der Waals surface area contributed by atoms with Crippen LogP contribution in [0.1, 0.15) is 11.3 Å². The van der Waals surface area contributed by atoms with Crippen LogP contribution >= 0.6 is 35.0 Å². The maximum absolute atomic E-state index is 12.7. The van der Waals surface area contributed by atoms with E-state index in [9.17, 15) is 38.1 Å². The van der Waals surface area contributed by atoms with E-state index in [1.165, 1.54) is 0 Å². The molecular weight excluding hydrogens is 414 g/mol. The predicted octanol–water partition coefficient (Wildman–Crippen LogP) is 1.38. The minimum Gasteiger partial charge on any atom is -0.493 e. The second kappa shape index (κ2) is 6.53. The number of H-pyrrole nitrogens is 2. The van der Waals surface area contributed by atoms with Gasteiger partial charge in [0.1, 0.15) is 10.0 Å². The summed E-state index contributed by atoms with van der Waals surface area (Å²) in [6, 6.07) is 0.166. The second-order valence-corrected chi connectivity index (χ2v) is 6.37. The molecular formula is C11H6Cl2F3N3O5S. The Morgan fingerprint density at radius 2 is 1.72 bits per heavy atom. The van der Waals surface area contributed by atoms with Crippen molar-refractivity contribution in [3.8, 4) is 5.88 Å². The summed E-state index contributed by atoms with van der Waals surface area (Å²) in [5, 5.41) is 23.9. The summed E-state index contributed by atoms with van der Waals surface area (Å²) in [7, 11) is 0. The van der Waals surface area contributed by atoms with Gasteiger partial charge in [0.05, 0.1) is 5.56 Å². The van der Waals surface area contributed by atoms with Gasteiger partial charge < -0.3 is 20.3 Å². The van der Waals surface area contributed by atoms with Crippen molar-refractivity contribution in [1.29, 1.82) is 0 Å². The first-order chi connectivity index (χ1) is 11.3. The molecule has 0 saturated heterocycles. The van der Waals surface area contributed by atoms with Crippen LogP contribution in [0.2, 0.25) is 10.0 Å². The molecule has 2 aromatic heterocycles. The van der Waals surface area contributed by atoms with E-state index < -0.39 is 54.8 Å². The topological polar surface area (TPSA) is 139 Å². The first kappa shape index (κ1) is 19.6. The third kappa shape index (κ3) is 4.10. The Labute approximate surface area is 149 Å². The van der Waals surface area contributed by atoms with Crippen molar-refractivity contribution >= 4 is 35.0 Å². The van der Waals surface area contributed by atoms with Gasteiger partial charge >= 0.3 is 6.18 Å². The number of halogens is 5. The number of aromatic amines is 2. The first-order valence-corrected chi connectivity index (χ1v) is 7.53. The van der Waals surface area contributed by atoms with Crippen LogP contribution in [-0.2, 0) is 11.3 Å². The van der Waals surface area contributed by atoms with E-state index in [1.54, 1.807) is 4.98 Å². The maximum Gasteiger partial charge on any atom is 0.433 e. The Balaban J connectivity index is 2.56. The SMILES string of the molecule is O=c1cc(C(F)(F)F)nc(SC(O)(O)c2c(Cl)c(O)[nH]c(=O)c2Cl)[nH]1. The lowest BCUT2D eigenvalue weighted by Gasteiger charge is -2.22. The monoisotopic (exact) mass is 419 g/mol. The van der Waals surface area contributed by atoms with E-state index in [2.05, 4.69) is 4.98 Å². The van der Waals surface area contributed by atoms with Crippen LogP contribution in [0.25, 0.3) is 0 Å². The largest absolute Gasteiger partial charge is 0.493 e. The van der Waals surface area contributed by atoms with E-state index in [0.29, 0.717) is 0 Å². The zero-order valence-electron chi connectivity index (χ0n) is 11.5. The van der Waals surface area contributed by atoms with Gasteiger partial charge in [-0.2, -0.15) is 13.2 Å². The molecule has 0 saturated carbocycles. The molecule has 25 heavy (non-hydrogen) atoms. The van der Waals surface area contributed by atoms with Crippen molar-refractivity contribution in [3.63, 3.8) is 0 Å². The van der Waals surface area contributed by atoms with Crippen LogP contribution in [0.3, 0.4) is 0 Å². The smallest absolute Gasteiger partial charge is 0.433 e. The molecule has 0 aliphatic heterocycles. The van der Waals surface area contributed by atoms with Gasteiger partial charge in [0.15, 0.2) is 10.9 Å². The zero-order valence-corrected chi connectivity index (χ0v) is 13.8. The van der Waals surface area contributed by atoms with Gasteiger partial charge in [-0.15, -0.1) is 0 Å². The van der Waals surface area contributed by atoms with Crippen LogP contribution < -0.4 is 11.1 Å². The number of pyridine rings is 1. The molecule has 0 aromatic carbocycles.